The van der Waals surface area contributed by atoms with E-state index in [1.54, 1.807) is 18.2 Å². The van der Waals surface area contributed by atoms with Gasteiger partial charge in [-0.1, -0.05) is 12.1 Å². The quantitative estimate of drug-likeness (QED) is 0.744. The second-order valence-electron chi connectivity index (χ2n) is 6.15. The van der Waals surface area contributed by atoms with Crippen LogP contribution in [0.4, 0.5) is 0 Å². The molecule has 0 radical (unpaired) electrons. The predicted octanol–water partition coefficient (Wildman–Crippen LogP) is 2.51. The number of rotatable bonds is 7. The number of carboxylic acid groups (broad SMARTS) is 2. The van der Waals surface area contributed by atoms with Gasteiger partial charge in [-0.3, -0.25) is 9.59 Å². The monoisotopic (exact) mass is 388 g/mol. The van der Waals surface area contributed by atoms with E-state index in [2.05, 4.69) is 0 Å². The molecule has 8 nitrogen and oxygen atoms in total. The maximum atomic E-state index is 12.1. The molecule has 8 heteroatoms. The van der Waals surface area contributed by atoms with Crippen LogP contribution in [-0.4, -0.2) is 49.6 Å². The van der Waals surface area contributed by atoms with E-state index in [4.69, 9.17) is 18.9 Å². The molecule has 0 saturated heterocycles. The highest BCUT2D eigenvalue weighted by atomic mass is 16.6. The molecule has 3 rings (SSSR count). The lowest BCUT2D eigenvalue weighted by molar-refractivity contribution is -0.147. The second-order valence-corrected chi connectivity index (χ2v) is 6.15. The summed E-state index contributed by atoms with van der Waals surface area (Å²) in [6.45, 7) is 0.740. The molecule has 2 aromatic carbocycles. The lowest BCUT2D eigenvalue weighted by Crippen LogP contribution is -2.27. The van der Waals surface area contributed by atoms with Crippen LogP contribution in [0.1, 0.15) is 23.0 Å². The Morgan fingerprint density at radius 3 is 1.93 bits per heavy atom. The molecule has 1 aliphatic rings. The Morgan fingerprint density at radius 1 is 0.821 bits per heavy atom. The highest BCUT2D eigenvalue weighted by Gasteiger charge is 2.37. The number of carbonyl (C=O) groups is 2. The summed E-state index contributed by atoms with van der Waals surface area (Å²) in [7, 11) is 2.88. The number of carboxylic acids is 2. The largest absolute Gasteiger partial charge is 0.493 e. The van der Waals surface area contributed by atoms with Crippen molar-refractivity contribution in [1.82, 2.24) is 0 Å². The minimum Gasteiger partial charge on any atom is -0.493 e. The van der Waals surface area contributed by atoms with Crippen molar-refractivity contribution in [1.29, 1.82) is 0 Å². The molecular weight excluding hydrogens is 368 g/mol. The normalized spacial score (nSPS) is 14.6. The van der Waals surface area contributed by atoms with Crippen LogP contribution in [0, 0.1) is 0 Å². The highest BCUT2D eigenvalue weighted by molar-refractivity contribution is 5.88. The summed E-state index contributed by atoms with van der Waals surface area (Å²) in [6, 6.07) is 9.20. The van der Waals surface area contributed by atoms with Gasteiger partial charge in [-0.15, -0.1) is 0 Å². The van der Waals surface area contributed by atoms with Crippen LogP contribution in [0.15, 0.2) is 36.4 Å². The summed E-state index contributed by atoms with van der Waals surface area (Å²) in [4.78, 5) is 24.1. The summed E-state index contributed by atoms with van der Waals surface area (Å²) in [6.07, 6.45) is 0. The molecule has 2 aromatic rings. The van der Waals surface area contributed by atoms with Gasteiger partial charge in [0.1, 0.15) is 13.2 Å². The summed E-state index contributed by atoms with van der Waals surface area (Å²) in [5, 5.41) is 19.7. The number of benzene rings is 2. The first-order chi connectivity index (χ1) is 13.5. The summed E-state index contributed by atoms with van der Waals surface area (Å²) < 4.78 is 21.3. The van der Waals surface area contributed by atoms with E-state index in [0.717, 1.165) is 0 Å². The fourth-order valence-electron chi connectivity index (χ4n) is 3.25. The van der Waals surface area contributed by atoms with Crippen LogP contribution < -0.4 is 18.9 Å². The minimum absolute atomic E-state index is 0.285. The van der Waals surface area contributed by atoms with Crippen molar-refractivity contribution in [3.05, 3.63) is 47.5 Å². The minimum atomic E-state index is -1.35. The Hall–Kier alpha value is -3.42. The number of methoxy groups -OCH3 is 2. The third-order valence-electron chi connectivity index (χ3n) is 4.56. The van der Waals surface area contributed by atoms with Crippen LogP contribution in [0.25, 0.3) is 0 Å². The van der Waals surface area contributed by atoms with Crippen molar-refractivity contribution < 1.29 is 38.7 Å². The maximum Gasteiger partial charge on any atom is 0.312 e. The standard InChI is InChI=1S/C20H20O8/c1-25-13-5-3-11(9-15(13)26-2)17(19(21)22)18(20(23)24)12-4-6-14-16(10-12)28-8-7-27-14/h3-6,9-10,17-18H,7-8H2,1-2H3,(H,21,22)(H,23,24). The fraction of sp³-hybridized carbons (Fsp3) is 0.300. The Labute approximate surface area is 161 Å². The van der Waals surface area contributed by atoms with Gasteiger partial charge in [0.05, 0.1) is 26.1 Å². The van der Waals surface area contributed by atoms with Crippen LogP contribution in [0.2, 0.25) is 0 Å². The molecule has 0 aliphatic carbocycles. The maximum absolute atomic E-state index is 12.1. The molecule has 0 aromatic heterocycles. The first-order valence-corrected chi connectivity index (χ1v) is 8.53. The molecule has 0 fully saturated rings. The van der Waals surface area contributed by atoms with Crippen molar-refractivity contribution in [2.24, 2.45) is 0 Å². The van der Waals surface area contributed by atoms with Gasteiger partial charge in [0.25, 0.3) is 0 Å². The highest BCUT2D eigenvalue weighted by Crippen LogP contribution is 2.41. The van der Waals surface area contributed by atoms with E-state index < -0.39 is 23.8 Å². The summed E-state index contributed by atoms with van der Waals surface area (Å²) >= 11 is 0. The van der Waals surface area contributed by atoms with Crippen molar-refractivity contribution in [2.75, 3.05) is 27.4 Å². The Bertz CT molecular complexity index is 836. The Kier molecular flexibility index (Phi) is 5.58. The van der Waals surface area contributed by atoms with Gasteiger partial charge in [-0.2, -0.15) is 0 Å². The van der Waals surface area contributed by atoms with E-state index in [0.29, 0.717) is 41.8 Å². The van der Waals surface area contributed by atoms with Crippen LogP contribution in [0.5, 0.6) is 23.0 Å². The van der Waals surface area contributed by atoms with Crippen molar-refractivity contribution in [3.63, 3.8) is 0 Å². The van der Waals surface area contributed by atoms with Gasteiger partial charge in [0.2, 0.25) is 0 Å². The lowest BCUT2D eigenvalue weighted by Gasteiger charge is -2.24. The molecule has 0 spiro atoms. The molecule has 2 unspecified atom stereocenters. The average molecular weight is 388 g/mol. The fourth-order valence-corrected chi connectivity index (χ4v) is 3.25. The first-order valence-electron chi connectivity index (χ1n) is 8.53. The Balaban J connectivity index is 2.07. The zero-order chi connectivity index (χ0) is 20.3. The van der Waals surface area contributed by atoms with Gasteiger partial charge < -0.3 is 29.2 Å². The third-order valence-corrected chi connectivity index (χ3v) is 4.56. The summed E-state index contributed by atoms with van der Waals surface area (Å²) in [5.41, 5.74) is 0.589. The molecule has 0 amide bonds. The predicted molar refractivity (Wildman–Crippen MR) is 97.7 cm³/mol. The van der Waals surface area contributed by atoms with Crippen molar-refractivity contribution in [2.45, 2.75) is 11.8 Å². The van der Waals surface area contributed by atoms with E-state index in [1.807, 2.05) is 0 Å². The SMILES string of the molecule is COc1ccc(C(C(=O)O)C(C(=O)O)c2ccc3c(c2)OCCO3)cc1OC. The van der Waals surface area contributed by atoms with E-state index >= 15 is 0 Å². The molecule has 148 valence electrons. The number of aliphatic carboxylic acids is 2. The molecule has 2 N–H and O–H groups in total. The van der Waals surface area contributed by atoms with Gasteiger partial charge >= 0.3 is 11.9 Å². The lowest BCUT2D eigenvalue weighted by atomic mass is 9.81. The molecule has 0 saturated carbocycles. The van der Waals surface area contributed by atoms with E-state index in [-0.39, 0.29) is 5.56 Å². The van der Waals surface area contributed by atoms with Crippen LogP contribution >= 0.6 is 0 Å². The van der Waals surface area contributed by atoms with Gasteiger partial charge in [-0.05, 0) is 35.4 Å². The van der Waals surface area contributed by atoms with Gasteiger partial charge in [-0.25, -0.2) is 0 Å². The third kappa shape index (κ3) is 3.66. The number of fused-ring (bicyclic) bond motifs is 1. The average Bonchev–Trinajstić information content (AvgIpc) is 2.70. The number of hydrogen-bond acceptors (Lipinski definition) is 6. The molecule has 1 aliphatic heterocycles. The topological polar surface area (TPSA) is 112 Å². The second kappa shape index (κ2) is 8.08. The van der Waals surface area contributed by atoms with E-state index in [1.165, 1.54) is 32.4 Å². The zero-order valence-electron chi connectivity index (χ0n) is 15.4. The van der Waals surface area contributed by atoms with Crippen molar-refractivity contribution >= 4 is 11.9 Å². The smallest absolute Gasteiger partial charge is 0.312 e. The molecule has 0 bridgehead atoms. The first kappa shape index (κ1) is 19.3. The van der Waals surface area contributed by atoms with Crippen LogP contribution in [-0.2, 0) is 9.59 Å². The molecule has 28 heavy (non-hydrogen) atoms. The Morgan fingerprint density at radius 2 is 1.36 bits per heavy atom. The van der Waals surface area contributed by atoms with E-state index in [9.17, 15) is 19.8 Å². The molecule has 2 atom stereocenters. The summed E-state index contributed by atoms with van der Waals surface area (Å²) in [5.74, 6) is -3.59. The van der Waals surface area contributed by atoms with Crippen molar-refractivity contribution in [3.8, 4) is 23.0 Å². The number of hydrogen-bond donors (Lipinski definition) is 2. The van der Waals surface area contributed by atoms with Crippen LogP contribution in [0.3, 0.4) is 0 Å². The van der Waals surface area contributed by atoms with Gasteiger partial charge in [0.15, 0.2) is 23.0 Å². The molecular formula is C20H20O8. The van der Waals surface area contributed by atoms with Gasteiger partial charge in [0, 0.05) is 0 Å². The molecule has 1 heterocycles. The zero-order valence-corrected chi connectivity index (χ0v) is 15.4. The number of ether oxygens (including phenoxy) is 4.